The number of benzene rings is 1. The van der Waals surface area contributed by atoms with Crippen LogP contribution in [0.3, 0.4) is 0 Å². The van der Waals surface area contributed by atoms with E-state index in [1.807, 2.05) is 0 Å². The minimum atomic E-state index is -5.17. The maximum absolute atomic E-state index is 12.7. The molecule has 0 fully saturated rings. The van der Waals surface area contributed by atoms with Crippen LogP contribution in [0.25, 0.3) is 0 Å². The zero-order valence-electron chi connectivity index (χ0n) is 9.28. The Hall–Kier alpha value is -1.96. The fraction of sp³-hybridized carbons (Fsp3) is 0.300. The fourth-order valence-corrected chi connectivity index (χ4v) is 1.21. The van der Waals surface area contributed by atoms with Crippen molar-refractivity contribution in [3.05, 3.63) is 24.3 Å². The van der Waals surface area contributed by atoms with Gasteiger partial charge in [0.15, 0.2) is 0 Å². The largest absolute Gasteiger partial charge is 0.495 e. The Labute approximate surface area is 100 Å². The van der Waals surface area contributed by atoms with Gasteiger partial charge in [0.2, 0.25) is 0 Å². The van der Waals surface area contributed by atoms with Crippen molar-refractivity contribution in [1.82, 2.24) is 0 Å². The van der Waals surface area contributed by atoms with Gasteiger partial charge in [-0.15, -0.1) is 0 Å². The van der Waals surface area contributed by atoms with Gasteiger partial charge in [-0.05, 0) is 12.1 Å². The average molecular weight is 264 g/mol. The summed E-state index contributed by atoms with van der Waals surface area (Å²) in [5.41, 5.74) is 1.14. The lowest BCUT2D eigenvalue weighted by atomic mass is 10.1. The summed E-state index contributed by atoms with van der Waals surface area (Å²) < 4.78 is 42.8. The first-order chi connectivity index (χ1) is 8.22. The molecular formula is C10H11F3N2O3. The molecule has 1 atom stereocenters. The summed E-state index contributed by atoms with van der Waals surface area (Å²) in [5.74, 6) is -2.18. The predicted molar refractivity (Wildman–Crippen MR) is 57.2 cm³/mol. The van der Waals surface area contributed by atoms with Crippen LogP contribution < -0.4 is 15.8 Å². The third-order valence-electron chi connectivity index (χ3n) is 2.22. The highest BCUT2D eigenvalue weighted by Crippen LogP contribution is 2.33. The summed E-state index contributed by atoms with van der Waals surface area (Å²) in [7, 11) is 1.24. The lowest BCUT2D eigenvalue weighted by Gasteiger charge is -2.29. The number of anilines is 1. The van der Waals surface area contributed by atoms with Crippen LogP contribution in [0.4, 0.5) is 18.9 Å². The lowest BCUT2D eigenvalue weighted by Crippen LogP contribution is -2.65. The summed E-state index contributed by atoms with van der Waals surface area (Å²) >= 11 is 0. The number of nitrogens with two attached hydrogens (primary N) is 1. The number of ether oxygens (including phenoxy) is 1. The summed E-state index contributed by atoms with van der Waals surface area (Å²) in [4.78, 5) is 10.7. The van der Waals surface area contributed by atoms with Crippen LogP contribution in [0.1, 0.15) is 0 Å². The van der Waals surface area contributed by atoms with E-state index in [4.69, 9.17) is 15.6 Å². The second-order valence-corrected chi connectivity index (χ2v) is 3.44. The molecule has 0 saturated heterocycles. The van der Waals surface area contributed by atoms with Gasteiger partial charge in [-0.25, -0.2) is 4.79 Å². The first-order valence-corrected chi connectivity index (χ1v) is 4.72. The number of hydrogen-bond donors (Lipinski definition) is 3. The normalized spacial score (nSPS) is 14.7. The van der Waals surface area contributed by atoms with Crippen molar-refractivity contribution in [2.24, 2.45) is 5.73 Å². The van der Waals surface area contributed by atoms with Crippen LogP contribution in [-0.2, 0) is 4.79 Å². The number of carboxylic acids is 1. The fourth-order valence-electron chi connectivity index (χ4n) is 1.21. The molecule has 0 bridgehead atoms. The van der Waals surface area contributed by atoms with Gasteiger partial charge < -0.3 is 15.2 Å². The smallest absolute Gasteiger partial charge is 0.436 e. The number of para-hydroxylation sites is 2. The zero-order valence-corrected chi connectivity index (χ0v) is 9.28. The number of alkyl halides is 3. The minimum absolute atomic E-state index is 0.0535. The molecule has 0 aliphatic heterocycles. The van der Waals surface area contributed by atoms with E-state index < -0.39 is 17.8 Å². The van der Waals surface area contributed by atoms with E-state index in [0.29, 0.717) is 0 Å². The molecule has 0 spiro atoms. The minimum Gasteiger partial charge on any atom is -0.495 e. The van der Waals surface area contributed by atoms with E-state index in [9.17, 15) is 18.0 Å². The van der Waals surface area contributed by atoms with Crippen molar-refractivity contribution >= 4 is 11.7 Å². The quantitative estimate of drug-likeness (QED) is 0.716. The van der Waals surface area contributed by atoms with Crippen molar-refractivity contribution in [1.29, 1.82) is 0 Å². The Balaban J connectivity index is 3.17. The summed E-state index contributed by atoms with van der Waals surface area (Å²) in [6.45, 7) is 0. The van der Waals surface area contributed by atoms with E-state index in [2.05, 4.69) is 0 Å². The molecule has 1 aromatic carbocycles. The molecule has 8 heteroatoms. The number of carboxylic acid groups (broad SMARTS) is 1. The average Bonchev–Trinajstić information content (AvgIpc) is 2.27. The molecule has 0 saturated carbocycles. The lowest BCUT2D eigenvalue weighted by molar-refractivity contribution is -0.195. The number of rotatable bonds is 4. The predicted octanol–water partition coefficient (Wildman–Crippen LogP) is 1.41. The molecule has 0 aliphatic carbocycles. The molecule has 1 aromatic rings. The van der Waals surface area contributed by atoms with Gasteiger partial charge in [0, 0.05) is 0 Å². The highest BCUT2D eigenvalue weighted by Gasteiger charge is 2.59. The molecular weight excluding hydrogens is 253 g/mol. The van der Waals surface area contributed by atoms with E-state index >= 15 is 0 Å². The van der Waals surface area contributed by atoms with Crippen molar-refractivity contribution in [3.8, 4) is 5.75 Å². The van der Waals surface area contributed by atoms with Crippen LogP contribution in [-0.4, -0.2) is 30.0 Å². The van der Waals surface area contributed by atoms with E-state index in [-0.39, 0.29) is 11.4 Å². The van der Waals surface area contributed by atoms with Crippen LogP contribution in [0, 0.1) is 0 Å². The van der Waals surface area contributed by atoms with Gasteiger partial charge in [-0.3, -0.25) is 5.73 Å². The number of methoxy groups -OCH3 is 1. The van der Waals surface area contributed by atoms with Crippen LogP contribution in [0.5, 0.6) is 5.75 Å². The van der Waals surface area contributed by atoms with Crippen LogP contribution >= 0.6 is 0 Å². The molecule has 4 N–H and O–H groups in total. The Bertz CT molecular complexity index is 450. The topological polar surface area (TPSA) is 84.6 Å². The summed E-state index contributed by atoms with van der Waals surface area (Å²) in [5, 5.41) is 10.4. The van der Waals surface area contributed by atoms with Gasteiger partial charge in [0.1, 0.15) is 5.75 Å². The molecule has 1 rings (SSSR count). The third-order valence-corrected chi connectivity index (χ3v) is 2.22. The van der Waals surface area contributed by atoms with Crippen LogP contribution in [0.2, 0.25) is 0 Å². The molecule has 0 amide bonds. The molecule has 0 heterocycles. The van der Waals surface area contributed by atoms with Crippen molar-refractivity contribution in [3.63, 3.8) is 0 Å². The number of hydrogen-bond acceptors (Lipinski definition) is 4. The highest BCUT2D eigenvalue weighted by molar-refractivity contribution is 5.83. The van der Waals surface area contributed by atoms with Crippen molar-refractivity contribution in [2.45, 2.75) is 11.8 Å². The zero-order chi connectivity index (χ0) is 14.0. The standard InChI is InChI=1S/C10H11F3N2O3/c1-18-7-5-3-2-4-6(7)15-9(14,8(16)17)10(11,12)13/h2-5,15H,14H2,1H3,(H,16,17). The molecule has 100 valence electrons. The molecule has 1 unspecified atom stereocenters. The third kappa shape index (κ3) is 2.48. The first-order valence-electron chi connectivity index (χ1n) is 4.72. The first kappa shape index (κ1) is 14.1. The molecule has 0 aliphatic rings. The summed E-state index contributed by atoms with van der Waals surface area (Å²) in [6, 6.07) is 5.55. The Kier molecular flexibility index (Phi) is 3.70. The van der Waals surface area contributed by atoms with Gasteiger partial charge in [-0.2, -0.15) is 13.2 Å². The Morgan fingerprint density at radius 3 is 2.39 bits per heavy atom. The van der Waals surface area contributed by atoms with Gasteiger partial charge in [0.05, 0.1) is 12.8 Å². The number of carbonyl (C=O) groups is 1. The monoisotopic (exact) mass is 264 g/mol. The van der Waals surface area contributed by atoms with Gasteiger partial charge >= 0.3 is 12.1 Å². The molecule has 5 nitrogen and oxygen atoms in total. The maximum atomic E-state index is 12.7. The van der Waals surface area contributed by atoms with E-state index in [1.165, 1.54) is 31.4 Å². The molecule has 0 radical (unpaired) electrons. The van der Waals surface area contributed by atoms with Gasteiger partial charge in [0.25, 0.3) is 5.66 Å². The molecule has 0 aromatic heterocycles. The SMILES string of the molecule is COc1ccccc1NC(N)(C(=O)O)C(F)(F)F. The Morgan fingerprint density at radius 2 is 1.94 bits per heavy atom. The second-order valence-electron chi connectivity index (χ2n) is 3.44. The highest BCUT2D eigenvalue weighted by atomic mass is 19.4. The molecule has 18 heavy (non-hydrogen) atoms. The van der Waals surface area contributed by atoms with Crippen molar-refractivity contribution < 1.29 is 27.8 Å². The van der Waals surface area contributed by atoms with Crippen molar-refractivity contribution in [2.75, 3.05) is 12.4 Å². The number of nitrogens with one attached hydrogen (secondary N) is 1. The second kappa shape index (κ2) is 4.73. The number of aliphatic carboxylic acids is 1. The maximum Gasteiger partial charge on any atom is 0.436 e. The number of halogens is 3. The van der Waals surface area contributed by atoms with Gasteiger partial charge in [-0.1, -0.05) is 12.1 Å². The van der Waals surface area contributed by atoms with E-state index in [0.717, 1.165) is 0 Å². The van der Waals surface area contributed by atoms with Crippen LogP contribution in [0.15, 0.2) is 24.3 Å². The Morgan fingerprint density at radius 1 is 1.39 bits per heavy atom. The summed E-state index contributed by atoms with van der Waals surface area (Å²) in [6.07, 6.45) is -5.17. The van der Waals surface area contributed by atoms with E-state index in [1.54, 1.807) is 5.32 Å².